The van der Waals surface area contributed by atoms with E-state index in [2.05, 4.69) is 27.1 Å². The lowest BCUT2D eigenvalue weighted by molar-refractivity contribution is -0.267. The zero-order valence-corrected chi connectivity index (χ0v) is 18.4. The molecule has 6 nitrogen and oxygen atoms in total. The summed E-state index contributed by atoms with van der Waals surface area (Å²) in [6, 6.07) is 7.63. The number of aryl methyl sites for hydroxylation is 1. The molecule has 0 radical (unpaired) electrons. The Labute approximate surface area is 183 Å². The Bertz CT molecular complexity index is 897. The maximum absolute atomic E-state index is 13.6. The van der Waals surface area contributed by atoms with Gasteiger partial charge in [0.2, 0.25) is 11.5 Å². The Hall–Kier alpha value is -2.01. The van der Waals surface area contributed by atoms with Crippen LogP contribution in [0, 0.1) is 6.92 Å². The number of piperazine rings is 1. The van der Waals surface area contributed by atoms with E-state index in [1.807, 2.05) is 24.3 Å². The molecule has 1 unspecified atom stereocenters. The monoisotopic (exact) mass is 456 g/mol. The first kappa shape index (κ1) is 23.6. The maximum Gasteiger partial charge on any atom is 0.424 e. The molecule has 170 valence electrons. The number of aromatic nitrogens is 1. The molecule has 1 aliphatic rings. The molecule has 3 rings (SSSR count). The number of carbonyl (C=O) groups is 1. The van der Waals surface area contributed by atoms with Crippen molar-refractivity contribution < 1.29 is 23.1 Å². The summed E-state index contributed by atoms with van der Waals surface area (Å²) in [6.45, 7) is 6.37. The summed E-state index contributed by atoms with van der Waals surface area (Å²) in [6.07, 6.45) is -6.15. The summed E-state index contributed by atoms with van der Waals surface area (Å²) in [5, 5.41) is 13.7. The highest BCUT2D eigenvalue weighted by Crippen LogP contribution is 2.42. The number of halogens is 3. The van der Waals surface area contributed by atoms with Gasteiger partial charge in [0.15, 0.2) is 0 Å². The molecule has 1 amide bonds. The minimum absolute atomic E-state index is 0.0836. The molecule has 1 aromatic heterocycles. The first-order valence-electron chi connectivity index (χ1n) is 10.0. The SMILES string of the molecule is Cc1csc(C(O)(CC(=O)NCc2cccc(CN3CCN(C)CC3)c2)C(F)(F)F)n1. The Morgan fingerprint density at radius 3 is 2.52 bits per heavy atom. The fraction of sp³-hybridized carbons (Fsp3) is 0.524. The van der Waals surface area contributed by atoms with E-state index in [9.17, 15) is 23.1 Å². The van der Waals surface area contributed by atoms with Crippen LogP contribution in [0.5, 0.6) is 0 Å². The van der Waals surface area contributed by atoms with Crippen LogP contribution in [0.15, 0.2) is 29.6 Å². The number of alkyl halides is 3. The summed E-state index contributed by atoms with van der Waals surface area (Å²) in [5.41, 5.74) is -1.07. The molecular formula is C21H27F3N4O2S. The summed E-state index contributed by atoms with van der Waals surface area (Å²) in [4.78, 5) is 20.7. The molecule has 1 fully saturated rings. The highest BCUT2D eigenvalue weighted by molar-refractivity contribution is 7.09. The molecule has 2 heterocycles. The third-order valence-electron chi connectivity index (χ3n) is 5.34. The number of carbonyl (C=O) groups excluding carboxylic acids is 1. The van der Waals surface area contributed by atoms with E-state index in [0.717, 1.165) is 43.9 Å². The van der Waals surface area contributed by atoms with Crippen LogP contribution in [-0.4, -0.2) is 65.2 Å². The van der Waals surface area contributed by atoms with Gasteiger partial charge < -0.3 is 15.3 Å². The summed E-state index contributed by atoms with van der Waals surface area (Å²) < 4.78 is 40.7. The molecule has 10 heteroatoms. The Morgan fingerprint density at radius 2 is 1.90 bits per heavy atom. The van der Waals surface area contributed by atoms with E-state index in [4.69, 9.17) is 0 Å². The largest absolute Gasteiger partial charge is 0.424 e. The molecule has 1 aromatic carbocycles. The van der Waals surface area contributed by atoms with E-state index in [-0.39, 0.29) is 6.54 Å². The van der Waals surface area contributed by atoms with Crippen LogP contribution in [0.25, 0.3) is 0 Å². The zero-order valence-electron chi connectivity index (χ0n) is 17.6. The van der Waals surface area contributed by atoms with Crippen molar-refractivity contribution in [1.82, 2.24) is 20.1 Å². The number of hydrogen-bond donors (Lipinski definition) is 2. The van der Waals surface area contributed by atoms with Gasteiger partial charge in [-0.3, -0.25) is 9.69 Å². The van der Waals surface area contributed by atoms with E-state index in [0.29, 0.717) is 17.0 Å². The Morgan fingerprint density at radius 1 is 1.23 bits per heavy atom. The maximum atomic E-state index is 13.6. The summed E-state index contributed by atoms with van der Waals surface area (Å²) in [7, 11) is 2.09. The zero-order chi connectivity index (χ0) is 22.6. The van der Waals surface area contributed by atoms with Crippen molar-refractivity contribution in [2.24, 2.45) is 0 Å². The first-order chi connectivity index (χ1) is 14.6. The number of amides is 1. The molecule has 1 aliphatic heterocycles. The minimum atomic E-state index is -5.02. The molecule has 1 atom stereocenters. The third-order valence-corrected chi connectivity index (χ3v) is 6.45. The molecule has 2 aromatic rings. The van der Waals surface area contributed by atoms with Gasteiger partial charge in [0, 0.05) is 50.3 Å². The van der Waals surface area contributed by atoms with Gasteiger partial charge in [-0.25, -0.2) is 4.98 Å². The highest BCUT2D eigenvalue weighted by atomic mass is 32.1. The smallest absolute Gasteiger partial charge is 0.374 e. The number of nitrogens with zero attached hydrogens (tertiary/aromatic N) is 3. The molecular weight excluding hydrogens is 429 g/mol. The number of nitrogens with one attached hydrogen (secondary N) is 1. The van der Waals surface area contributed by atoms with Crippen molar-refractivity contribution in [2.75, 3.05) is 33.2 Å². The van der Waals surface area contributed by atoms with Crippen LogP contribution < -0.4 is 5.32 Å². The van der Waals surface area contributed by atoms with Gasteiger partial charge in [0.25, 0.3) is 0 Å². The second kappa shape index (κ2) is 9.64. The second-order valence-electron chi connectivity index (χ2n) is 8.00. The van der Waals surface area contributed by atoms with Crippen LogP contribution in [0.2, 0.25) is 0 Å². The number of rotatable bonds is 7. The third kappa shape index (κ3) is 6.03. The average Bonchev–Trinajstić information content (AvgIpc) is 3.14. The lowest BCUT2D eigenvalue weighted by Gasteiger charge is -2.32. The Balaban J connectivity index is 1.59. The van der Waals surface area contributed by atoms with Gasteiger partial charge in [0.05, 0.1) is 6.42 Å². The van der Waals surface area contributed by atoms with Crippen LogP contribution in [0.4, 0.5) is 13.2 Å². The van der Waals surface area contributed by atoms with Gasteiger partial charge in [0.1, 0.15) is 5.01 Å². The Kier molecular flexibility index (Phi) is 7.35. The molecule has 0 saturated carbocycles. The number of hydrogen-bond acceptors (Lipinski definition) is 6. The van der Waals surface area contributed by atoms with E-state index < -0.39 is 29.1 Å². The quantitative estimate of drug-likeness (QED) is 0.671. The number of likely N-dealkylation sites (N-methyl/N-ethyl adjacent to an activating group) is 1. The van der Waals surface area contributed by atoms with Crippen LogP contribution in [0.1, 0.15) is 28.2 Å². The van der Waals surface area contributed by atoms with Crippen LogP contribution in [0.3, 0.4) is 0 Å². The summed E-state index contributed by atoms with van der Waals surface area (Å²) >= 11 is 0.690. The van der Waals surface area contributed by atoms with Gasteiger partial charge in [-0.15, -0.1) is 11.3 Å². The van der Waals surface area contributed by atoms with Crippen molar-refractivity contribution in [3.05, 3.63) is 51.5 Å². The lowest BCUT2D eigenvalue weighted by atomic mass is 9.99. The minimum Gasteiger partial charge on any atom is -0.374 e. The van der Waals surface area contributed by atoms with Gasteiger partial charge in [-0.1, -0.05) is 24.3 Å². The van der Waals surface area contributed by atoms with Crippen molar-refractivity contribution >= 4 is 17.2 Å². The average molecular weight is 457 g/mol. The van der Waals surface area contributed by atoms with Gasteiger partial charge in [-0.05, 0) is 25.1 Å². The highest BCUT2D eigenvalue weighted by Gasteiger charge is 2.58. The molecule has 1 saturated heterocycles. The van der Waals surface area contributed by atoms with Crippen molar-refractivity contribution in [3.63, 3.8) is 0 Å². The number of aliphatic hydroxyl groups is 1. The van der Waals surface area contributed by atoms with Gasteiger partial charge >= 0.3 is 6.18 Å². The number of benzene rings is 1. The van der Waals surface area contributed by atoms with E-state index in [1.165, 1.54) is 12.3 Å². The lowest BCUT2D eigenvalue weighted by Crippen LogP contribution is -2.46. The molecule has 0 spiro atoms. The molecule has 31 heavy (non-hydrogen) atoms. The number of thiazole rings is 1. The standard InChI is InChI=1S/C21H27F3N4O2S/c1-15-14-31-19(26-15)20(30,21(22,23)24)11-18(29)25-12-16-4-3-5-17(10-16)13-28-8-6-27(2)7-9-28/h3-5,10,14,30H,6-9,11-13H2,1-2H3,(H,25,29). The van der Waals surface area contributed by atoms with Crippen LogP contribution in [-0.2, 0) is 23.5 Å². The predicted molar refractivity (Wildman–Crippen MR) is 112 cm³/mol. The molecule has 0 bridgehead atoms. The second-order valence-corrected chi connectivity index (χ2v) is 8.86. The molecule has 0 aliphatic carbocycles. The fourth-order valence-electron chi connectivity index (χ4n) is 3.44. The predicted octanol–water partition coefficient (Wildman–Crippen LogP) is 2.66. The summed E-state index contributed by atoms with van der Waals surface area (Å²) in [5.74, 6) is -0.892. The fourth-order valence-corrected chi connectivity index (χ4v) is 4.35. The normalized spacial score (nSPS) is 18.0. The van der Waals surface area contributed by atoms with E-state index >= 15 is 0 Å². The van der Waals surface area contributed by atoms with Crippen LogP contribution >= 0.6 is 11.3 Å². The van der Waals surface area contributed by atoms with E-state index in [1.54, 1.807) is 0 Å². The van der Waals surface area contributed by atoms with Crippen molar-refractivity contribution in [2.45, 2.75) is 38.2 Å². The van der Waals surface area contributed by atoms with Crippen molar-refractivity contribution in [3.8, 4) is 0 Å². The van der Waals surface area contributed by atoms with Crippen molar-refractivity contribution in [1.29, 1.82) is 0 Å². The topological polar surface area (TPSA) is 68.7 Å². The van der Waals surface area contributed by atoms with Gasteiger partial charge in [-0.2, -0.15) is 13.2 Å². The molecule has 2 N–H and O–H groups in total. The first-order valence-corrected chi connectivity index (χ1v) is 10.9.